The van der Waals surface area contributed by atoms with E-state index in [0.29, 0.717) is 41.9 Å². The molecule has 1 saturated heterocycles. The maximum absolute atomic E-state index is 15.1. The average Bonchev–Trinajstić information content (AvgIpc) is 3.36. The Labute approximate surface area is 252 Å². The molecule has 224 valence electrons. The molecule has 10 nitrogen and oxygen atoms in total. The standard InChI is InChI=1S/C32H28F2N6O4/c1-42-22-5-3-20(28(13-22)43-2)17-40-18-27-31(32(40)41)26(14-25(37-27)30-23(33)11-19(15-35)12-24(30)34)38-29-6-4-21(16-36-29)39-7-9-44-10-8-39/h3-6,11-14,16H,7-10,17-18H2,1-2H3,(H,36,37,38). The number of hydrogen-bond acceptors (Lipinski definition) is 9. The van der Waals surface area contributed by atoms with Gasteiger partial charge in [0.1, 0.15) is 29.0 Å². The number of amides is 1. The van der Waals surface area contributed by atoms with Crippen molar-refractivity contribution < 1.29 is 27.8 Å². The van der Waals surface area contributed by atoms with Crippen LogP contribution in [0.4, 0.5) is 26.0 Å². The zero-order valence-corrected chi connectivity index (χ0v) is 24.1. The lowest BCUT2D eigenvalue weighted by atomic mass is 10.0. The fourth-order valence-corrected chi connectivity index (χ4v) is 5.39. The maximum atomic E-state index is 15.1. The van der Waals surface area contributed by atoms with Gasteiger partial charge < -0.3 is 29.3 Å². The first-order chi connectivity index (χ1) is 21.4. The third-order valence-electron chi connectivity index (χ3n) is 7.61. The van der Waals surface area contributed by atoms with E-state index < -0.39 is 17.2 Å². The summed E-state index contributed by atoms with van der Waals surface area (Å²) in [6.07, 6.45) is 1.72. The zero-order chi connectivity index (χ0) is 30.8. The number of nitriles is 1. The first-order valence-corrected chi connectivity index (χ1v) is 13.9. The van der Waals surface area contributed by atoms with Crippen molar-refractivity contribution in [2.45, 2.75) is 13.1 Å². The Morgan fingerprint density at radius 2 is 1.80 bits per heavy atom. The highest BCUT2D eigenvalue weighted by atomic mass is 19.1. The van der Waals surface area contributed by atoms with E-state index in [9.17, 15) is 4.79 Å². The summed E-state index contributed by atoms with van der Waals surface area (Å²) in [7, 11) is 3.09. The number of ether oxygens (including phenoxy) is 3. The SMILES string of the molecule is COc1ccc(CN2Cc3nc(-c4c(F)cc(C#N)cc4F)cc(Nc4ccc(N5CCOCC5)cn4)c3C2=O)c(OC)c1. The van der Waals surface area contributed by atoms with Crippen molar-refractivity contribution in [1.29, 1.82) is 5.26 Å². The number of morpholine rings is 1. The molecule has 0 unspecified atom stereocenters. The minimum Gasteiger partial charge on any atom is -0.497 e. The number of pyridine rings is 2. The first-order valence-electron chi connectivity index (χ1n) is 13.9. The number of anilines is 3. The molecule has 2 aromatic carbocycles. The lowest BCUT2D eigenvalue weighted by molar-refractivity contribution is 0.0766. The summed E-state index contributed by atoms with van der Waals surface area (Å²) in [4.78, 5) is 26.6. The molecule has 0 bridgehead atoms. The summed E-state index contributed by atoms with van der Waals surface area (Å²) in [5.41, 5.74) is 2.02. The number of benzene rings is 2. The molecular weight excluding hydrogens is 570 g/mol. The molecule has 1 fully saturated rings. The van der Waals surface area contributed by atoms with E-state index in [-0.39, 0.29) is 35.8 Å². The summed E-state index contributed by atoms with van der Waals surface area (Å²) in [6, 6.07) is 14.1. The Morgan fingerprint density at radius 1 is 1.02 bits per heavy atom. The average molecular weight is 599 g/mol. The van der Waals surface area contributed by atoms with Gasteiger partial charge in [-0.25, -0.2) is 18.7 Å². The zero-order valence-electron chi connectivity index (χ0n) is 24.1. The van der Waals surface area contributed by atoms with Crippen molar-refractivity contribution in [3.63, 3.8) is 0 Å². The van der Waals surface area contributed by atoms with Crippen LogP contribution in [0.25, 0.3) is 11.3 Å². The van der Waals surface area contributed by atoms with Gasteiger partial charge >= 0.3 is 0 Å². The van der Waals surface area contributed by atoms with E-state index in [1.165, 1.54) is 13.2 Å². The van der Waals surface area contributed by atoms with Gasteiger partial charge in [0.05, 0.1) is 92.2 Å². The minimum atomic E-state index is -0.933. The number of rotatable bonds is 8. The molecule has 2 aliphatic rings. The summed E-state index contributed by atoms with van der Waals surface area (Å²) >= 11 is 0. The molecule has 0 saturated carbocycles. The molecule has 0 atom stereocenters. The van der Waals surface area contributed by atoms with E-state index in [0.717, 1.165) is 36.5 Å². The molecule has 2 aliphatic heterocycles. The quantitative estimate of drug-likeness (QED) is 0.298. The van der Waals surface area contributed by atoms with Crippen molar-refractivity contribution in [2.24, 2.45) is 0 Å². The molecule has 44 heavy (non-hydrogen) atoms. The van der Waals surface area contributed by atoms with E-state index in [1.54, 1.807) is 42.5 Å². The number of nitrogens with zero attached hydrogens (tertiary/aromatic N) is 5. The second-order valence-electron chi connectivity index (χ2n) is 10.3. The monoisotopic (exact) mass is 598 g/mol. The molecular formula is C32H28F2N6O4. The Morgan fingerprint density at radius 3 is 2.45 bits per heavy atom. The highest BCUT2D eigenvalue weighted by molar-refractivity contribution is 6.04. The summed E-state index contributed by atoms with van der Waals surface area (Å²) in [5.74, 6) is -0.589. The van der Waals surface area contributed by atoms with E-state index in [2.05, 4.69) is 20.2 Å². The van der Waals surface area contributed by atoms with Crippen LogP contribution in [-0.2, 0) is 17.8 Å². The van der Waals surface area contributed by atoms with E-state index >= 15 is 8.78 Å². The largest absolute Gasteiger partial charge is 0.497 e. The van der Waals surface area contributed by atoms with Crippen LogP contribution < -0.4 is 19.7 Å². The van der Waals surface area contributed by atoms with Crippen molar-refractivity contribution in [3.05, 3.63) is 88.7 Å². The predicted molar refractivity (Wildman–Crippen MR) is 158 cm³/mol. The smallest absolute Gasteiger partial charge is 0.258 e. The number of carbonyl (C=O) groups is 1. The highest BCUT2D eigenvalue weighted by Gasteiger charge is 2.34. The van der Waals surface area contributed by atoms with Gasteiger partial charge in [0.25, 0.3) is 5.91 Å². The molecule has 4 heterocycles. The van der Waals surface area contributed by atoms with Gasteiger partial charge in [0, 0.05) is 24.7 Å². The number of aromatic nitrogens is 2. The summed E-state index contributed by atoms with van der Waals surface area (Å²) in [6.45, 7) is 3.06. The van der Waals surface area contributed by atoms with Crippen LogP contribution in [0.5, 0.6) is 11.5 Å². The molecule has 0 radical (unpaired) electrons. The fraction of sp³-hybridized carbons (Fsp3) is 0.250. The molecule has 0 aliphatic carbocycles. The second-order valence-corrected chi connectivity index (χ2v) is 10.3. The molecule has 4 aromatic rings. The van der Waals surface area contributed by atoms with Crippen LogP contribution >= 0.6 is 0 Å². The van der Waals surface area contributed by atoms with Crippen LogP contribution in [0.15, 0.2) is 54.7 Å². The number of halogens is 2. The van der Waals surface area contributed by atoms with Gasteiger partial charge in [-0.3, -0.25) is 4.79 Å². The van der Waals surface area contributed by atoms with Crippen LogP contribution in [0.2, 0.25) is 0 Å². The fourth-order valence-electron chi connectivity index (χ4n) is 5.39. The Kier molecular flexibility index (Phi) is 7.95. The van der Waals surface area contributed by atoms with Crippen LogP contribution in [0, 0.1) is 23.0 Å². The maximum Gasteiger partial charge on any atom is 0.258 e. The number of hydrogen-bond donors (Lipinski definition) is 1. The van der Waals surface area contributed by atoms with Crippen LogP contribution in [-0.4, -0.2) is 61.3 Å². The summed E-state index contributed by atoms with van der Waals surface area (Å²) < 4.78 is 46.5. The Hall–Kier alpha value is -5.28. The minimum absolute atomic E-state index is 0.0210. The predicted octanol–water partition coefficient (Wildman–Crippen LogP) is 5.05. The number of methoxy groups -OCH3 is 2. The lowest BCUT2D eigenvalue weighted by Crippen LogP contribution is -2.36. The third kappa shape index (κ3) is 5.57. The van der Waals surface area contributed by atoms with E-state index in [1.807, 2.05) is 12.1 Å². The third-order valence-corrected chi connectivity index (χ3v) is 7.61. The summed E-state index contributed by atoms with van der Waals surface area (Å²) in [5, 5.41) is 12.3. The lowest BCUT2D eigenvalue weighted by Gasteiger charge is -2.28. The van der Waals surface area contributed by atoms with Gasteiger partial charge in [-0.05, 0) is 42.5 Å². The van der Waals surface area contributed by atoms with Crippen molar-refractivity contribution in [2.75, 3.05) is 50.7 Å². The van der Waals surface area contributed by atoms with Gasteiger partial charge in [-0.1, -0.05) is 0 Å². The van der Waals surface area contributed by atoms with Gasteiger partial charge in [-0.2, -0.15) is 5.26 Å². The highest BCUT2D eigenvalue weighted by Crippen LogP contribution is 2.37. The topological polar surface area (TPSA) is 113 Å². The second kappa shape index (κ2) is 12.1. The number of nitrogens with one attached hydrogen (secondary N) is 1. The molecule has 1 amide bonds. The van der Waals surface area contributed by atoms with Crippen LogP contribution in [0.1, 0.15) is 27.2 Å². The first kappa shape index (κ1) is 28.8. The van der Waals surface area contributed by atoms with Crippen molar-refractivity contribution in [1.82, 2.24) is 14.9 Å². The van der Waals surface area contributed by atoms with Crippen LogP contribution in [0.3, 0.4) is 0 Å². The van der Waals surface area contributed by atoms with Gasteiger partial charge in [0.2, 0.25) is 0 Å². The van der Waals surface area contributed by atoms with Crippen molar-refractivity contribution >= 4 is 23.1 Å². The van der Waals surface area contributed by atoms with Gasteiger partial charge in [-0.15, -0.1) is 0 Å². The molecule has 1 N–H and O–H groups in total. The Balaban J connectivity index is 1.37. The number of fused-ring (bicyclic) bond motifs is 1. The van der Waals surface area contributed by atoms with Gasteiger partial charge in [0.15, 0.2) is 0 Å². The van der Waals surface area contributed by atoms with E-state index in [4.69, 9.17) is 19.5 Å². The Bertz CT molecular complexity index is 1750. The van der Waals surface area contributed by atoms with Crippen molar-refractivity contribution in [3.8, 4) is 28.8 Å². The normalized spacial score (nSPS) is 14.3. The number of carbonyl (C=O) groups excluding carboxylic acids is 1. The molecule has 2 aromatic heterocycles. The molecule has 6 rings (SSSR count). The molecule has 12 heteroatoms. The molecule has 0 spiro atoms.